The monoisotopic (exact) mass is 584 g/mol. The fraction of sp³-hybridized carbons (Fsp3) is 1.00. The van der Waals surface area contributed by atoms with Crippen molar-refractivity contribution in [2.24, 2.45) is 0 Å². The molecule has 5 unspecified atom stereocenters. The molecule has 0 saturated carbocycles. The van der Waals surface area contributed by atoms with Crippen LogP contribution in [0.15, 0.2) is 0 Å². The maximum atomic E-state index is 12.0. The van der Waals surface area contributed by atoms with Crippen LogP contribution in [0.2, 0.25) is 0 Å². The van der Waals surface area contributed by atoms with E-state index in [1.165, 1.54) is 57.8 Å². The normalized spacial score (nSPS) is 22.9. The molecule has 0 bridgehead atoms. The molecule has 0 amide bonds. The van der Waals surface area contributed by atoms with E-state index >= 15 is 0 Å². The fourth-order valence-corrected chi connectivity index (χ4v) is 5.94. The van der Waals surface area contributed by atoms with Crippen molar-refractivity contribution < 1.29 is 46.5 Å². The van der Waals surface area contributed by atoms with Crippen molar-refractivity contribution >= 4 is 23.5 Å². The van der Waals surface area contributed by atoms with Crippen LogP contribution in [0.5, 0.6) is 0 Å². The molecule has 0 aromatic carbocycles. The van der Waals surface area contributed by atoms with E-state index < -0.39 is 27.8 Å². The molecule has 10 nitrogen and oxygen atoms in total. The van der Waals surface area contributed by atoms with Gasteiger partial charge in [-0.05, 0) is 26.2 Å². The lowest BCUT2D eigenvalue weighted by Crippen LogP contribution is -2.28. The predicted octanol–water partition coefficient (Wildman–Crippen LogP) is 6.42. The Hall–Kier alpha value is 0.205. The van der Waals surface area contributed by atoms with Gasteiger partial charge in [0.2, 0.25) is 0 Å². The minimum atomic E-state index is -4.10. The molecule has 1 aliphatic heterocycles. The maximum Gasteiger partial charge on any atom is 0.472 e. The highest BCUT2D eigenvalue weighted by Crippen LogP contribution is 2.44. The van der Waals surface area contributed by atoms with E-state index in [9.17, 15) is 18.9 Å². The van der Waals surface area contributed by atoms with Gasteiger partial charge in [-0.1, -0.05) is 83.5 Å². The molecule has 0 aliphatic carbocycles. The lowest BCUT2D eigenvalue weighted by molar-refractivity contribution is -0.0222. The van der Waals surface area contributed by atoms with Gasteiger partial charge in [0.1, 0.15) is 14.0 Å². The van der Waals surface area contributed by atoms with Crippen LogP contribution in [0.1, 0.15) is 110 Å². The Balaban J connectivity index is 1.82. The van der Waals surface area contributed by atoms with Gasteiger partial charge >= 0.3 is 15.6 Å². The third-order valence-electron chi connectivity index (χ3n) is 6.52. The summed E-state index contributed by atoms with van der Waals surface area (Å²) in [6, 6.07) is -0.453. The zero-order valence-electron chi connectivity index (χ0n) is 23.5. The van der Waals surface area contributed by atoms with Gasteiger partial charge in [0, 0.05) is 13.1 Å². The Morgan fingerprint density at radius 3 is 1.50 bits per heavy atom. The highest BCUT2D eigenvalue weighted by molar-refractivity contribution is 7.47. The molecule has 5 atom stereocenters. The van der Waals surface area contributed by atoms with Crippen molar-refractivity contribution in [3.8, 4) is 0 Å². The predicted molar refractivity (Wildman–Crippen MR) is 148 cm³/mol. The van der Waals surface area contributed by atoms with Crippen LogP contribution in [0.4, 0.5) is 0 Å². The zero-order chi connectivity index (χ0) is 28.1. The van der Waals surface area contributed by atoms with Crippen molar-refractivity contribution in [3.05, 3.63) is 0 Å². The van der Waals surface area contributed by atoms with E-state index in [4.69, 9.17) is 30.9 Å². The minimum Gasteiger partial charge on any atom is -0.380 e. The summed E-state index contributed by atoms with van der Waals surface area (Å²) in [6.45, 7) is 2.20. The first-order valence-corrected chi connectivity index (χ1v) is 17.4. The number of rotatable bonds is 26. The van der Waals surface area contributed by atoms with Gasteiger partial charge in [0.25, 0.3) is 0 Å². The molecule has 1 heterocycles. The van der Waals surface area contributed by atoms with Gasteiger partial charge in [0.05, 0.1) is 32.5 Å². The summed E-state index contributed by atoms with van der Waals surface area (Å²) < 4.78 is 53.7. The first-order chi connectivity index (χ1) is 18.2. The summed E-state index contributed by atoms with van der Waals surface area (Å²) in [7, 11) is -0.673. The van der Waals surface area contributed by atoms with E-state index in [1.807, 2.05) is 0 Å². The molecule has 2 N–H and O–H groups in total. The van der Waals surface area contributed by atoms with Crippen molar-refractivity contribution in [2.75, 3.05) is 33.5 Å². The van der Waals surface area contributed by atoms with Gasteiger partial charge < -0.3 is 19.3 Å². The van der Waals surface area contributed by atoms with E-state index in [1.54, 1.807) is 14.0 Å². The Bertz CT molecular complexity index is 672. The first-order valence-electron chi connectivity index (χ1n) is 14.4. The minimum absolute atomic E-state index is 0.0939. The fourth-order valence-electron chi connectivity index (χ4n) is 4.41. The van der Waals surface area contributed by atoms with Crippen LogP contribution in [0, 0.1) is 0 Å². The summed E-state index contributed by atoms with van der Waals surface area (Å²) >= 11 is 0. The molecule has 1 rings (SSSR count). The van der Waals surface area contributed by atoms with Crippen LogP contribution < -0.4 is 0 Å². The number of phosphoric acid groups is 2. The van der Waals surface area contributed by atoms with Crippen LogP contribution in [0.3, 0.4) is 0 Å². The van der Waals surface area contributed by atoms with Crippen molar-refractivity contribution in [1.29, 1.82) is 0 Å². The molecule has 2 radical (unpaired) electrons. The number of hydrogen-bond acceptors (Lipinski definition) is 8. The Morgan fingerprint density at radius 1 is 0.711 bits per heavy atom. The third-order valence-corrected chi connectivity index (χ3v) is 8.60. The molecule has 224 valence electrons. The molecule has 13 heteroatoms. The summed E-state index contributed by atoms with van der Waals surface area (Å²) in [5.74, 6) is 0. The number of methoxy groups -OCH3 is 1. The number of hydrogen-bond donors (Lipinski definition) is 2. The van der Waals surface area contributed by atoms with Crippen LogP contribution in [0.25, 0.3) is 0 Å². The molecule has 1 saturated heterocycles. The molecular formula is C25H51BO10P2. The van der Waals surface area contributed by atoms with Gasteiger partial charge in [0.15, 0.2) is 0 Å². The highest BCUT2D eigenvalue weighted by atomic mass is 31.2. The second-order valence-electron chi connectivity index (χ2n) is 9.84. The summed E-state index contributed by atoms with van der Waals surface area (Å²) in [5, 5.41) is 0. The van der Waals surface area contributed by atoms with Gasteiger partial charge in [-0.3, -0.25) is 18.1 Å². The molecule has 1 fully saturated rings. The Morgan fingerprint density at radius 2 is 1.11 bits per heavy atom. The van der Waals surface area contributed by atoms with E-state index in [-0.39, 0.29) is 32.5 Å². The number of phosphoric ester groups is 2. The average Bonchev–Trinajstić information content (AvgIpc) is 3.23. The van der Waals surface area contributed by atoms with Crippen molar-refractivity contribution in [2.45, 2.75) is 128 Å². The topological polar surface area (TPSA) is 130 Å². The van der Waals surface area contributed by atoms with Crippen LogP contribution >= 0.6 is 15.6 Å². The molecule has 1 aliphatic rings. The molecule has 0 spiro atoms. The second-order valence-corrected chi connectivity index (χ2v) is 12.8. The first kappa shape index (κ1) is 36.2. The van der Waals surface area contributed by atoms with Gasteiger partial charge in [-0.2, -0.15) is 0 Å². The third kappa shape index (κ3) is 19.3. The summed E-state index contributed by atoms with van der Waals surface area (Å²) in [6.07, 6.45) is 16.7. The SMILES string of the molecule is [B]C1CC(OC)C(COP(=O)(O)OCCCCCCCCCCCCCCCCCOP(=O)(O)OCC)O1. The lowest BCUT2D eigenvalue weighted by Gasteiger charge is -2.19. The number of ether oxygens (including phenoxy) is 2. The van der Waals surface area contributed by atoms with Crippen molar-refractivity contribution in [1.82, 2.24) is 0 Å². The van der Waals surface area contributed by atoms with Crippen molar-refractivity contribution in [3.63, 3.8) is 0 Å². The van der Waals surface area contributed by atoms with Crippen LogP contribution in [-0.2, 0) is 36.7 Å². The molecule has 38 heavy (non-hydrogen) atoms. The zero-order valence-corrected chi connectivity index (χ0v) is 25.3. The smallest absolute Gasteiger partial charge is 0.380 e. The Kier molecular flexibility index (Phi) is 20.9. The molecular weight excluding hydrogens is 533 g/mol. The summed E-state index contributed by atoms with van der Waals surface area (Å²) in [4.78, 5) is 19.1. The largest absolute Gasteiger partial charge is 0.472 e. The van der Waals surface area contributed by atoms with E-state index in [0.29, 0.717) is 6.42 Å². The summed E-state index contributed by atoms with van der Waals surface area (Å²) in [5.41, 5.74) is 0. The lowest BCUT2D eigenvalue weighted by atomic mass is 9.96. The Labute approximate surface area is 231 Å². The van der Waals surface area contributed by atoms with E-state index in [2.05, 4.69) is 4.52 Å². The second kappa shape index (κ2) is 21.9. The molecule has 0 aromatic rings. The van der Waals surface area contributed by atoms with Crippen LogP contribution in [-0.4, -0.2) is 69.4 Å². The van der Waals surface area contributed by atoms with Gasteiger partial charge in [-0.15, -0.1) is 0 Å². The molecule has 0 aromatic heterocycles. The quantitative estimate of drug-likeness (QED) is 0.0667. The van der Waals surface area contributed by atoms with Gasteiger partial charge in [-0.25, -0.2) is 9.13 Å². The highest BCUT2D eigenvalue weighted by Gasteiger charge is 2.35. The van der Waals surface area contributed by atoms with E-state index in [0.717, 1.165) is 38.5 Å². The maximum absolute atomic E-state index is 12.0. The standard InChI is InChI=1S/C25H51BO10P2/c1-3-32-37(27,28)33-19-17-15-13-11-9-7-5-4-6-8-10-12-14-16-18-20-34-38(29,30)35-22-24-23(31-2)21-25(26)36-24/h23-25H,3-22H2,1-2H3,(H,27,28)(H,29,30). The average molecular weight is 584 g/mol. The number of unbranched alkanes of at least 4 members (excludes halogenated alkanes) is 14.